The Bertz CT molecular complexity index is 1150. The van der Waals surface area contributed by atoms with Crippen LogP contribution in [-0.2, 0) is 16.0 Å². The SMILES string of the molecule is CC(=O)c1ccccc1N(C(=O)Cc1cccs1)[C@@H](C(=O)NC1CCCC1)c1ccc(Cl)cc1. The number of benzene rings is 2. The molecule has 176 valence electrons. The zero-order valence-corrected chi connectivity index (χ0v) is 20.6. The molecule has 1 N–H and O–H groups in total. The van der Waals surface area contributed by atoms with E-state index in [1.165, 1.54) is 23.2 Å². The molecule has 4 rings (SSSR count). The molecule has 1 aliphatic carbocycles. The fraction of sp³-hybridized carbons (Fsp3) is 0.296. The van der Waals surface area contributed by atoms with Crippen LogP contribution in [-0.4, -0.2) is 23.6 Å². The van der Waals surface area contributed by atoms with Crippen LogP contribution in [0.3, 0.4) is 0 Å². The molecular weight excluding hydrogens is 468 g/mol. The number of para-hydroxylation sites is 1. The number of halogens is 1. The third-order valence-corrected chi connectivity index (χ3v) is 7.24. The van der Waals surface area contributed by atoms with E-state index in [4.69, 9.17) is 11.6 Å². The minimum absolute atomic E-state index is 0.0830. The van der Waals surface area contributed by atoms with Gasteiger partial charge in [-0.2, -0.15) is 0 Å². The smallest absolute Gasteiger partial charge is 0.248 e. The summed E-state index contributed by atoms with van der Waals surface area (Å²) in [6, 6.07) is 16.9. The third-order valence-electron chi connectivity index (χ3n) is 6.11. The Morgan fingerprint density at radius 1 is 1.03 bits per heavy atom. The van der Waals surface area contributed by atoms with Gasteiger partial charge >= 0.3 is 0 Å². The van der Waals surface area contributed by atoms with Crippen molar-refractivity contribution in [1.82, 2.24) is 5.32 Å². The molecular formula is C27H27ClN2O3S. The van der Waals surface area contributed by atoms with Gasteiger partial charge in [-0.05, 0) is 61.0 Å². The summed E-state index contributed by atoms with van der Waals surface area (Å²) < 4.78 is 0. The summed E-state index contributed by atoms with van der Waals surface area (Å²) in [4.78, 5) is 42.5. The van der Waals surface area contributed by atoms with Crippen LogP contribution in [0.2, 0.25) is 5.02 Å². The summed E-state index contributed by atoms with van der Waals surface area (Å²) in [5.41, 5.74) is 1.46. The van der Waals surface area contributed by atoms with Gasteiger partial charge in [0.05, 0.1) is 12.1 Å². The molecule has 3 aromatic rings. The lowest BCUT2D eigenvalue weighted by Gasteiger charge is -2.33. The van der Waals surface area contributed by atoms with Gasteiger partial charge in [-0.25, -0.2) is 0 Å². The first-order valence-corrected chi connectivity index (χ1v) is 12.7. The second-order valence-electron chi connectivity index (χ2n) is 8.54. The summed E-state index contributed by atoms with van der Waals surface area (Å²) in [6.45, 7) is 1.47. The van der Waals surface area contributed by atoms with Gasteiger partial charge in [-0.1, -0.05) is 54.8 Å². The topological polar surface area (TPSA) is 66.5 Å². The van der Waals surface area contributed by atoms with Crippen LogP contribution in [0.1, 0.15) is 59.4 Å². The number of anilines is 1. The van der Waals surface area contributed by atoms with Crippen LogP contribution < -0.4 is 10.2 Å². The van der Waals surface area contributed by atoms with E-state index < -0.39 is 6.04 Å². The number of carbonyl (C=O) groups is 3. The molecule has 1 aliphatic rings. The number of nitrogens with one attached hydrogen (secondary N) is 1. The summed E-state index contributed by atoms with van der Waals surface area (Å²) in [6.07, 6.45) is 4.12. The molecule has 0 spiro atoms. The number of hydrogen-bond acceptors (Lipinski definition) is 4. The van der Waals surface area contributed by atoms with E-state index in [0.29, 0.717) is 21.8 Å². The van der Waals surface area contributed by atoms with Gasteiger partial charge in [-0.15, -0.1) is 11.3 Å². The zero-order chi connectivity index (χ0) is 24.1. The molecule has 1 fully saturated rings. The second kappa shape index (κ2) is 11.0. The van der Waals surface area contributed by atoms with E-state index in [2.05, 4.69) is 5.32 Å². The summed E-state index contributed by atoms with van der Waals surface area (Å²) in [5.74, 6) is -0.680. The minimum Gasteiger partial charge on any atom is -0.351 e. The average Bonchev–Trinajstić information content (AvgIpc) is 3.52. The van der Waals surface area contributed by atoms with Crippen molar-refractivity contribution in [3.8, 4) is 0 Å². The van der Waals surface area contributed by atoms with Crippen LogP contribution in [0.5, 0.6) is 0 Å². The van der Waals surface area contributed by atoms with Gasteiger partial charge < -0.3 is 5.32 Å². The lowest BCUT2D eigenvalue weighted by molar-refractivity contribution is -0.127. The largest absolute Gasteiger partial charge is 0.351 e. The summed E-state index contributed by atoms with van der Waals surface area (Å²) >= 11 is 7.62. The molecule has 0 unspecified atom stereocenters. The Hall–Kier alpha value is -2.96. The van der Waals surface area contributed by atoms with Gasteiger partial charge in [0.25, 0.3) is 0 Å². The number of thiophene rings is 1. The quantitative estimate of drug-likeness (QED) is 0.392. The maximum Gasteiger partial charge on any atom is 0.248 e. The van der Waals surface area contributed by atoms with E-state index >= 15 is 0 Å². The van der Waals surface area contributed by atoms with Crippen molar-refractivity contribution in [3.05, 3.63) is 87.1 Å². The zero-order valence-electron chi connectivity index (χ0n) is 19.0. The van der Waals surface area contributed by atoms with Gasteiger partial charge in [-0.3, -0.25) is 19.3 Å². The number of hydrogen-bond donors (Lipinski definition) is 1. The van der Waals surface area contributed by atoms with Crippen molar-refractivity contribution in [1.29, 1.82) is 0 Å². The molecule has 1 aromatic heterocycles. The number of rotatable bonds is 8. The highest BCUT2D eigenvalue weighted by Crippen LogP contribution is 2.33. The molecule has 0 bridgehead atoms. The maximum absolute atomic E-state index is 13.8. The van der Waals surface area contributed by atoms with Crippen LogP contribution in [0.15, 0.2) is 66.0 Å². The van der Waals surface area contributed by atoms with Crippen molar-refractivity contribution < 1.29 is 14.4 Å². The van der Waals surface area contributed by atoms with Crippen LogP contribution in [0.4, 0.5) is 5.69 Å². The van der Waals surface area contributed by atoms with Crippen molar-refractivity contribution in [2.75, 3.05) is 4.90 Å². The Kier molecular flexibility index (Phi) is 7.80. The van der Waals surface area contributed by atoms with Crippen molar-refractivity contribution in [3.63, 3.8) is 0 Å². The van der Waals surface area contributed by atoms with E-state index in [9.17, 15) is 14.4 Å². The summed E-state index contributed by atoms with van der Waals surface area (Å²) in [7, 11) is 0. The lowest BCUT2D eigenvalue weighted by atomic mass is 9.99. The van der Waals surface area contributed by atoms with E-state index in [1.807, 2.05) is 17.5 Å². The van der Waals surface area contributed by atoms with E-state index in [0.717, 1.165) is 30.6 Å². The highest BCUT2D eigenvalue weighted by atomic mass is 35.5. The van der Waals surface area contributed by atoms with Crippen molar-refractivity contribution >= 4 is 46.2 Å². The standard InChI is InChI=1S/C27H27ClN2O3S/c1-18(31)23-10-4-5-11-24(23)30(25(32)17-22-9-6-16-34-22)26(19-12-14-20(28)15-13-19)27(33)29-21-7-2-3-8-21/h4-6,9-16,21,26H,2-3,7-8,17H2,1H3,(H,29,33)/t26-/m1/s1. The van der Waals surface area contributed by atoms with Gasteiger partial charge in [0.15, 0.2) is 5.78 Å². The number of ketones is 1. The first-order valence-electron chi connectivity index (χ1n) is 11.4. The van der Waals surface area contributed by atoms with Gasteiger partial charge in [0.2, 0.25) is 11.8 Å². The molecule has 2 amide bonds. The molecule has 0 aliphatic heterocycles. The highest BCUT2D eigenvalue weighted by molar-refractivity contribution is 7.10. The molecule has 1 heterocycles. The number of carbonyl (C=O) groups excluding carboxylic acids is 3. The molecule has 1 saturated carbocycles. The molecule has 1 atom stereocenters. The molecule has 7 heteroatoms. The fourth-order valence-corrected chi connectivity index (χ4v) is 5.28. The van der Waals surface area contributed by atoms with Crippen molar-refractivity contribution in [2.24, 2.45) is 0 Å². The minimum atomic E-state index is -0.939. The maximum atomic E-state index is 13.8. The first-order chi connectivity index (χ1) is 16.4. The van der Waals surface area contributed by atoms with E-state index in [-0.39, 0.29) is 30.1 Å². The fourth-order valence-electron chi connectivity index (χ4n) is 4.46. The van der Waals surface area contributed by atoms with E-state index in [1.54, 1.807) is 48.5 Å². The Balaban J connectivity index is 1.82. The normalized spacial score (nSPS) is 14.5. The first kappa shape index (κ1) is 24.2. The third kappa shape index (κ3) is 5.57. The lowest BCUT2D eigenvalue weighted by Crippen LogP contribution is -2.47. The van der Waals surface area contributed by atoms with Gasteiger partial charge in [0.1, 0.15) is 6.04 Å². The van der Waals surface area contributed by atoms with Crippen LogP contribution in [0.25, 0.3) is 0 Å². The van der Waals surface area contributed by atoms with Crippen molar-refractivity contribution in [2.45, 2.75) is 51.1 Å². The number of Topliss-reactive ketones (excluding diaryl/α,β-unsaturated/α-hetero) is 1. The summed E-state index contributed by atoms with van der Waals surface area (Å²) in [5, 5.41) is 5.61. The molecule has 34 heavy (non-hydrogen) atoms. The molecule has 0 radical (unpaired) electrons. The Morgan fingerprint density at radius 2 is 1.74 bits per heavy atom. The Morgan fingerprint density at radius 3 is 2.38 bits per heavy atom. The number of nitrogens with zero attached hydrogens (tertiary/aromatic N) is 1. The molecule has 0 saturated heterocycles. The second-order valence-corrected chi connectivity index (χ2v) is 10.0. The van der Waals surface area contributed by atoms with Crippen LogP contribution >= 0.6 is 22.9 Å². The predicted octanol–water partition coefficient (Wildman–Crippen LogP) is 5.98. The monoisotopic (exact) mass is 494 g/mol. The highest BCUT2D eigenvalue weighted by Gasteiger charge is 2.35. The van der Waals surface area contributed by atoms with Crippen LogP contribution in [0, 0.1) is 0 Å². The van der Waals surface area contributed by atoms with Gasteiger partial charge in [0, 0.05) is 21.5 Å². The number of amides is 2. The predicted molar refractivity (Wildman–Crippen MR) is 137 cm³/mol. The molecule has 5 nitrogen and oxygen atoms in total. The molecule has 2 aromatic carbocycles. The Labute approximate surface area is 208 Å². The average molecular weight is 495 g/mol.